The van der Waals surface area contributed by atoms with Gasteiger partial charge in [-0.25, -0.2) is 4.79 Å². The van der Waals surface area contributed by atoms with Gasteiger partial charge in [-0.3, -0.25) is 20.2 Å². The van der Waals surface area contributed by atoms with E-state index in [0.717, 1.165) is 0 Å². The second-order valence-corrected chi connectivity index (χ2v) is 4.03. The van der Waals surface area contributed by atoms with Crippen molar-refractivity contribution in [2.75, 3.05) is 6.54 Å². The zero-order valence-electron chi connectivity index (χ0n) is 10.9. The highest BCUT2D eigenvalue weighted by atomic mass is 16.6. The molecule has 0 aliphatic rings. The Kier molecular flexibility index (Phi) is 5.30. The molecule has 0 aliphatic heterocycles. The normalized spacial score (nSPS) is 11.4. The summed E-state index contributed by atoms with van der Waals surface area (Å²) in [6.45, 7) is 2.58. The minimum absolute atomic E-state index is 0.170. The van der Waals surface area contributed by atoms with Gasteiger partial charge in [0, 0.05) is 4.92 Å². The summed E-state index contributed by atoms with van der Waals surface area (Å²) in [5.41, 5.74) is -0.925. The lowest BCUT2D eigenvalue weighted by atomic mass is 9.96. The molecule has 0 aromatic heterocycles. The molecule has 0 atom stereocenters. The van der Waals surface area contributed by atoms with Gasteiger partial charge >= 0.3 is 11.7 Å². The minimum atomic E-state index is -1.81. The second-order valence-electron chi connectivity index (χ2n) is 4.03. The standard InChI is InChI=1S/C13H12N2O6/c1-2-5-9-6-3-4-7-10(9)11(8-14(18)19)12(13(16)17)15(20)21/h2-4,6-7H,1,5,8H2,(H,16,17). The molecule has 8 heteroatoms. The summed E-state index contributed by atoms with van der Waals surface area (Å²) in [6.07, 6.45) is 1.83. The minimum Gasteiger partial charge on any atom is -0.473 e. The van der Waals surface area contributed by atoms with Crippen LogP contribution in [0.3, 0.4) is 0 Å². The first kappa shape index (κ1) is 16.0. The highest BCUT2D eigenvalue weighted by molar-refractivity contribution is 5.94. The summed E-state index contributed by atoms with van der Waals surface area (Å²) in [5.74, 6) is -1.81. The number of carboxylic acid groups (broad SMARTS) is 1. The molecule has 110 valence electrons. The molecule has 0 saturated carbocycles. The quantitative estimate of drug-likeness (QED) is 0.353. The number of hydrogen-bond acceptors (Lipinski definition) is 5. The molecule has 0 radical (unpaired) electrons. The van der Waals surface area contributed by atoms with Crippen LogP contribution in [0.1, 0.15) is 11.1 Å². The van der Waals surface area contributed by atoms with Crippen LogP contribution in [0.5, 0.6) is 0 Å². The Morgan fingerprint density at radius 3 is 2.38 bits per heavy atom. The van der Waals surface area contributed by atoms with Crippen molar-refractivity contribution < 1.29 is 19.7 Å². The van der Waals surface area contributed by atoms with E-state index in [4.69, 9.17) is 5.11 Å². The summed E-state index contributed by atoms with van der Waals surface area (Å²) in [7, 11) is 0. The maximum absolute atomic E-state index is 11.1. The summed E-state index contributed by atoms with van der Waals surface area (Å²) in [4.78, 5) is 30.8. The Morgan fingerprint density at radius 2 is 1.90 bits per heavy atom. The van der Waals surface area contributed by atoms with E-state index in [-0.39, 0.29) is 5.56 Å². The summed E-state index contributed by atoms with van der Waals surface area (Å²) >= 11 is 0. The zero-order chi connectivity index (χ0) is 16.0. The summed E-state index contributed by atoms with van der Waals surface area (Å²) in [5, 5.41) is 30.6. The SMILES string of the molecule is C=CCc1ccccc1C(C[N+](=O)[O-])=C(C(=O)O)[N+](=O)[O-]. The number of hydrogen-bond donors (Lipinski definition) is 1. The van der Waals surface area contributed by atoms with Crippen LogP contribution in [0.15, 0.2) is 42.6 Å². The number of carboxylic acids is 1. The van der Waals surface area contributed by atoms with Crippen LogP contribution >= 0.6 is 0 Å². The first-order valence-corrected chi connectivity index (χ1v) is 5.80. The van der Waals surface area contributed by atoms with Crippen LogP contribution < -0.4 is 0 Å². The van der Waals surface area contributed by atoms with Crippen molar-refractivity contribution in [3.63, 3.8) is 0 Å². The van der Waals surface area contributed by atoms with Gasteiger partial charge in [0.05, 0.1) is 4.92 Å². The largest absolute Gasteiger partial charge is 0.473 e. The maximum Gasteiger partial charge on any atom is 0.408 e. The average Bonchev–Trinajstić information content (AvgIpc) is 2.37. The number of rotatable bonds is 7. The predicted molar refractivity (Wildman–Crippen MR) is 73.8 cm³/mol. The Balaban J connectivity index is 3.62. The summed E-state index contributed by atoms with van der Waals surface area (Å²) in [6, 6.07) is 6.21. The Bertz CT molecular complexity index is 619. The van der Waals surface area contributed by atoms with Crippen molar-refractivity contribution in [3.05, 3.63) is 74.0 Å². The number of allylic oxidation sites excluding steroid dienone is 1. The lowest BCUT2D eigenvalue weighted by Crippen LogP contribution is -2.18. The van der Waals surface area contributed by atoms with Crippen molar-refractivity contribution in [1.82, 2.24) is 0 Å². The third kappa shape index (κ3) is 3.96. The lowest BCUT2D eigenvalue weighted by molar-refractivity contribution is -0.468. The van der Waals surface area contributed by atoms with Crippen molar-refractivity contribution >= 4 is 11.5 Å². The van der Waals surface area contributed by atoms with Crippen molar-refractivity contribution in [2.24, 2.45) is 0 Å². The molecular formula is C13H12N2O6. The zero-order valence-corrected chi connectivity index (χ0v) is 10.9. The van der Waals surface area contributed by atoms with Gasteiger partial charge in [-0.15, -0.1) is 6.58 Å². The Labute approximate surface area is 119 Å². The molecule has 0 amide bonds. The van der Waals surface area contributed by atoms with E-state index in [2.05, 4.69) is 6.58 Å². The fourth-order valence-electron chi connectivity index (χ4n) is 1.88. The smallest absolute Gasteiger partial charge is 0.408 e. The first-order valence-electron chi connectivity index (χ1n) is 5.80. The second kappa shape index (κ2) is 6.94. The number of benzene rings is 1. The molecule has 8 nitrogen and oxygen atoms in total. The van der Waals surface area contributed by atoms with E-state index in [9.17, 15) is 25.0 Å². The number of nitro groups is 2. The highest BCUT2D eigenvalue weighted by Crippen LogP contribution is 2.24. The number of nitrogens with zero attached hydrogens (tertiary/aromatic N) is 2. The van der Waals surface area contributed by atoms with Crippen molar-refractivity contribution in [2.45, 2.75) is 6.42 Å². The number of aliphatic carboxylic acids is 1. The fourth-order valence-corrected chi connectivity index (χ4v) is 1.88. The lowest BCUT2D eigenvalue weighted by Gasteiger charge is -2.08. The van der Waals surface area contributed by atoms with E-state index in [1.165, 1.54) is 18.2 Å². The molecule has 0 spiro atoms. The van der Waals surface area contributed by atoms with Gasteiger partial charge < -0.3 is 5.11 Å². The molecule has 0 unspecified atom stereocenters. The van der Waals surface area contributed by atoms with Crippen LogP contribution in [-0.2, 0) is 11.2 Å². The molecule has 1 aromatic rings. The number of carbonyl (C=O) groups is 1. The van der Waals surface area contributed by atoms with Crippen molar-refractivity contribution in [1.29, 1.82) is 0 Å². The van der Waals surface area contributed by atoms with E-state index in [1.54, 1.807) is 12.1 Å². The Hall–Kier alpha value is -3.03. The third-order valence-electron chi connectivity index (χ3n) is 2.66. The van der Waals surface area contributed by atoms with E-state index >= 15 is 0 Å². The molecule has 1 N–H and O–H groups in total. The average molecular weight is 292 g/mol. The maximum atomic E-state index is 11.1. The van der Waals surface area contributed by atoms with Crippen LogP contribution in [-0.4, -0.2) is 27.5 Å². The van der Waals surface area contributed by atoms with E-state index in [0.29, 0.717) is 12.0 Å². The van der Waals surface area contributed by atoms with Crippen LogP contribution in [0.25, 0.3) is 5.57 Å². The van der Waals surface area contributed by atoms with Gasteiger partial charge in [-0.1, -0.05) is 30.3 Å². The molecule has 0 saturated heterocycles. The monoisotopic (exact) mass is 292 g/mol. The van der Waals surface area contributed by atoms with Crippen molar-refractivity contribution in [3.8, 4) is 0 Å². The third-order valence-corrected chi connectivity index (χ3v) is 2.66. The molecule has 0 heterocycles. The predicted octanol–water partition coefficient (Wildman–Crippen LogP) is 1.76. The first-order chi connectivity index (χ1) is 9.88. The Morgan fingerprint density at radius 1 is 1.29 bits per heavy atom. The van der Waals surface area contributed by atoms with Gasteiger partial charge in [0.1, 0.15) is 5.57 Å². The van der Waals surface area contributed by atoms with Gasteiger partial charge in [-0.05, 0) is 17.5 Å². The molecule has 1 aromatic carbocycles. The molecular weight excluding hydrogens is 280 g/mol. The molecule has 0 aliphatic carbocycles. The molecule has 21 heavy (non-hydrogen) atoms. The molecule has 0 fully saturated rings. The van der Waals surface area contributed by atoms with Gasteiger partial charge in [0.15, 0.2) is 0 Å². The van der Waals surface area contributed by atoms with Crippen LogP contribution in [0.2, 0.25) is 0 Å². The van der Waals surface area contributed by atoms with Crippen LogP contribution in [0, 0.1) is 20.2 Å². The molecule has 1 rings (SSSR count). The molecule has 0 bridgehead atoms. The van der Waals surface area contributed by atoms with E-state index < -0.39 is 33.6 Å². The highest BCUT2D eigenvalue weighted by Gasteiger charge is 2.31. The fraction of sp³-hybridized carbons (Fsp3) is 0.154. The van der Waals surface area contributed by atoms with Gasteiger partial charge in [-0.2, -0.15) is 0 Å². The van der Waals surface area contributed by atoms with Crippen LogP contribution in [0.4, 0.5) is 0 Å². The topological polar surface area (TPSA) is 124 Å². The van der Waals surface area contributed by atoms with Gasteiger partial charge in [0.2, 0.25) is 6.54 Å². The van der Waals surface area contributed by atoms with Gasteiger partial charge in [0.25, 0.3) is 0 Å². The van der Waals surface area contributed by atoms with E-state index in [1.807, 2.05) is 0 Å². The summed E-state index contributed by atoms with van der Waals surface area (Å²) < 4.78 is 0.